The molecule has 0 aromatic carbocycles. The van der Waals surface area contributed by atoms with Crippen molar-refractivity contribution in [3.8, 4) is 0 Å². The number of hydrogen-bond acceptors (Lipinski definition) is 5. The van der Waals surface area contributed by atoms with Gasteiger partial charge < -0.3 is 10.0 Å². The van der Waals surface area contributed by atoms with E-state index in [2.05, 4.69) is 15.0 Å². The minimum Gasteiger partial charge on any atom is -0.476 e. The molecule has 0 aliphatic carbocycles. The smallest absolute Gasteiger partial charge is 0.417 e. The van der Waals surface area contributed by atoms with Crippen molar-refractivity contribution in [3.63, 3.8) is 0 Å². The molecule has 1 aliphatic rings. The van der Waals surface area contributed by atoms with Crippen molar-refractivity contribution in [2.75, 3.05) is 11.4 Å². The molecule has 0 saturated carbocycles. The van der Waals surface area contributed by atoms with E-state index in [1.54, 1.807) is 18.7 Å². The van der Waals surface area contributed by atoms with Gasteiger partial charge >= 0.3 is 12.1 Å². The summed E-state index contributed by atoms with van der Waals surface area (Å²) < 4.78 is 38.7. The van der Waals surface area contributed by atoms with Gasteiger partial charge in [0.05, 0.1) is 5.56 Å². The second-order valence-electron chi connectivity index (χ2n) is 5.87. The number of carboxylic acid groups (broad SMARTS) is 1. The number of pyridine rings is 1. The highest BCUT2D eigenvalue weighted by Crippen LogP contribution is 2.32. The van der Waals surface area contributed by atoms with E-state index in [4.69, 9.17) is 0 Å². The third-order valence-corrected chi connectivity index (χ3v) is 4.10. The van der Waals surface area contributed by atoms with Crippen LogP contribution in [0.3, 0.4) is 0 Å². The first-order valence-electron chi connectivity index (χ1n) is 7.55. The van der Waals surface area contributed by atoms with E-state index in [1.165, 1.54) is 0 Å². The van der Waals surface area contributed by atoms with Gasteiger partial charge in [0.1, 0.15) is 11.6 Å². The minimum atomic E-state index is -4.46. The zero-order valence-corrected chi connectivity index (χ0v) is 13.6. The molecule has 2 aromatic heterocycles. The molecule has 25 heavy (non-hydrogen) atoms. The van der Waals surface area contributed by atoms with Gasteiger partial charge in [-0.25, -0.2) is 14.8 Å². The monoisotopic (exact) mass is 352 g/mol. The highest BCUT2D eigenvalue weighted by molar-refractivity contribution is 5.88. The van der Waals surface area contributed by atoms with Gasteiger partial charge in [-0.15, -0.1) is 0 Å². The number of aryl methyl sites for hydroxylation is 1. The van der Waals surface area contributed by atoms with E-state index < -0.39 is 17.7 Å². The Bertz CT molecular complexity index is 852. The molecule has 3 rings (SSSR count). The molecule has 0 unspecified atom stereocenters. The largest absolute Gasteiger partial charge is 0.476 e. The van der Waals surface area contributed by atoms with Crippen LogP contribution in [0.4, 0.5) is 19.0 Å². The molecule has 0 saturated heterocycles. The van der Waals surface area contributed by atoms with Crippen LogP contribution in [0.2, 0.25) is 0 Å². The predicted molar refractivity (Wildman–Crippen MR) is 82.5 cm³/mol. The maximum Gasteiger partial charge on any atom is 0.417 e. The van der Waals surface area contributed by atoms with Gasteiger partial charge in [-0.05, 0) is 25.5 Å². The third-order valence-electron chi connectivity index (χ3n) is 4.10. The molecule has 1 aliphatic heterocycles. The number of halogens is 3. The quantitative estimate of drug-likeness (QED) is 0.895. The van der Waals surface area contributed by atoms with E-state index in [9.17, 15) is 23.1 Å². The Balaban J connectivity index is 1.99. The zero-order chi connectivity index (χ0) is 18.4. The van der Waals surface area contributed by atoms with Crippen LogP contribution in [-0.4, -0.2) is 32.6 Å². The van der Waals surface area contributed by atoms with Crippen molar-refractivity contribution in [2.45, 2.75) is 33.0 Å². The standard InChI is InChI=1S/C16H15F3N4O2/c1-8-13(15(24)25)21-9(2)22-14(8)23-4-3-12-10(7-23)5-11(6-20-12)16(17,18)19/h5-6H,3-4,7H2,1-2H3,(H,24,25). The molecular weight excluding hydrogens is 337 g/mol. The zero-order valence-electron chi connectivity index (χ0n) is 13.6. The fourth-order valence-electron chi connectivity index (χ4n) is 2.89. The summed E-state index contributed by atoms with van der Waals surface area (Å²) in [5.41, 5.74) is 0.576. The number of carboxylic acids is 1. The van der Waals surface area contributed by atoms with Crippen LogP contribution in [-0.2, 0) is 19.1 Å². The Morgan fingerprint density at radius 2 is 2.00 bits per heavy atom. The van der Waals surface area contributed by atoms with Crippen LogP contribution in [0.5, 0.6) is 0 Å². The molecule has 1 N–H and O–H groups in total. The number of rotatable bonds is 2. The highest BCUT2D eigenvalue weighted by atomic mass is 19.4. The maximum absolute atomic E-state index is 12.9. The van der Waals surface area contributed by atoms with Crippen molar-refractivity contribution in [2.24, 2.45) is 0 Å². The second kappa shape index (κ2) is 5.98. The van der Waals surface area contributed by atoms with Gasteiger partial charge in [0.15, 0.2) is 5.69 Å². The first kappa shape index (κ1) is 17.1. The molecule has 2 aromatic rings. The fourth-order valence-corrected chi connectivity index (χ4v) is 2.89. The summed E-state index contributed by atoms with van der Waals surface area (Å²) >= 11 is 0. The molecule has 0 amide bonds. The summed E-state index contributed by atoms with van der Waals surface area (Å²) in [7, 11) is 0. The molecule has 0 spiro atoms. The molecule has 3 heterocycles. The second-order valence-corrected chi connectivity index (χ2v) is 5.87. The Hall–Kier alpha value is -2.71. The van der Waals surface area contributed by atoms with Gasteiger partial charge in [-0.1, -0.05) is 0 Å². The van der Waals surface area contributed by atoms with Crippen molar-refractivity contribution in [1.29, 1.82) is 0 Å². The van der Waals surface area contributed by atoms with Gasteiger partial charge in [0, 0.05) is 37.0 Å². The van der Waals surface area contributed by atoms with E-state index in [1.807, 2.05) is 0 Å². The van der Waals surface area contributed by atoms with E-state index in [0.717, 1.165) is 12.3 Å². The van der Waals surface area contributed by atoms with E-state index in [-0.39, 0.29) is 12.2 Å². The van der Waals surface area contributed by atoms with Gasteiger partial charge in [0.25, 0.3) is 0 Å². The lowest BCUT2D eigenvalue weighted by Crippen LogP contribution is -2.33. The molecule has 6 nitrogen and oxygen atoms in total. The lowest BCUT2D eigenvalue weighted by molar-refractivity contribution is -0.137. The van der Waals surface area contributed by atoms with Crippen LogP contribution < -0.4 is 4.90 Å². The van der Waals surface area contributed by atoms with Crippen LogP contribution in [0.1, 0.15) is 38.7 Å². The minimum absolute atomic E-state index is 0.101. The third kappa shape index (κ3) is 3.26. The van der Waals surface area contributed by atoms with Gasteiger partial charge in [-0.3, -0.25) is 4.98 Å². The fraction of sp³-hybridized carbons (Fsp3) is 0.375. The summed E-state index contributed by atoms with van der Waals surface area (Å²) in [6.45, 7) is 3.85. The number of carbonyl (C=O) groups is 1. The van der Waals surface area contributed by atoms with Crippen molar-refractivity contribution < 1.29 is 23.1 Å². The Labute approximate surface area is 141 Å². The average molecular weight is 352 g/mol. The number of aromatic nitrogens is 3. The Kier molecular flexibility index (Phi) is 4.09. The molecule has 0 radical (unpaired) electrons. The van der Waals surface area contributed by atoms with Gasteiger partial charge in [0.2, 0.25) is 0 Å². The molecule has 0 atom stereocenters. The molecule has 0 bridgehead atoms. The SMILES string of the molecule is Cc1nc(C(=O)O)c(C)c(N2CCc3ncc(C(F)(F)F)cc3C2)n1. The van der Waals surface area contributed by atoms with Crippen LogP contribution in [0, 0.1) is 13.8 Å². The normalized spacial score (nSPS) is 14.4. The number of alkyl halides is 3. The molecule has 9 heteroatoms. The summed E-state index contributed by atoms with van der Waals surface area (Å²) in [6.07, 6.45) is -3.16. The lowest BCUT2D eigenvalue weighted by Gasteiger charge is -2.31. The summed E-state index contributed by atoms with van der Waals surface area (Å²) in [4.78, 5) is 25.2. The molecular formula is C16H15F3N4O2. The number of anilines is 1. The van der Waals surface area contributed by atoms with Crippen LogP contribution >= 0.6 is 0 Å². The van der Waals surface area contributed by atoms with Crippen molar-refractivity contribution >= 4 is 11.8 Å². The Morgan fingerprint density at radius 1 is 1.28 bits per heavy atom. The first-order valence-corrected chi connectivity index (χ1v) is 7.55. The Morgan fingerprint density at radius 3 is 2.64 bits per heavy atom. The van der Waals surface area contributed by atoms with Crippen LogP contribution in [0.25, 0.3) is 0 Å². The first-order chi connectivity index (χ1) is 11.7. The van der Waals surface area contributed by atoms with Crippen LogP contribution in [0.15, 0.2) is 12.3 Å². The summed E-state index contributed by atoms with van der Waals surface area (Å²) in [5.74, 6) is -0.443. The summed E-state index contributed by atoms with van der Waals surface area (Å²) in [5, 5.41) is 9.25. The number of fused-ring (bicyclic) bond motifs is 1. The number of nitrogens with zero attached hydrogens (tertiary/aromatic N) is 4. The van der Waals surface area contributed by atoms with Gasteiger partial charge in [-0.2, -0.15) is 13.2 Å². The van der Waals surface area contributed by atoms with Crippen molar-refractivity contribution in [1.82, 2.24) is 15.0 Å². The topological polar surface area (TPSA) is 79.2 Å². The number of aromatic carboxylic acids is 1. The number of hydrogen-bond donors (Lipinski definition) is 1. The maximum atomic E-state index is 12.9. The highest BCUT2D eigenvalue weighted by Gasteiger charge is 2.33. The molecule has 132 valence electrons. The van der Waals surface area contributed by atoms with E-state index in [0.29, 0.717) is 41.4 Å². The predicted octanol–water partition coefficient (Wildman–Crippen LogP) is 2.77. The lowest BCUT2D eigenvalue weighted by atomic mass is 10.0. The van der Waals surface area contributed by atoms with Crippen molar-refractivity contribution in [3.05, 3.63) is 46.2 Å². The average Bonchev–Trinajstić information content (AvgIpc) is 2.54. The summed E-state index contributed by atoms with van der Waals surface area (Å²) in [6, 6.07) is 1.09. The van der Waals surface area contributed by atoms with E-state index >= 15 is 0 Å². The molecule has 0 fully saturated rings.